The maximum Gasteiger partial charge on any atom is 0.225 e. The number of benzene rings is 1. The van der Waals surface area contributed by atoms with Crippen molar-refractivity contribution in [2.24, 2.45) is 11.8 Å². The van der Waals surface area contributed by atoms with Gasteiger partial charge in [0.2, 0.25) is 5.91 Å². The summed E-state index contributed by atoms with van der Waals surface area (Å²) in [6.07, 6.45) is 6.92. The van der Waals surface area contributed by atoms with Gasteiger partial charge in [-0.25, -0.2) is 0 Å². The lowest BCUT2D eigenvalue weighted by atomic mass is 9.96. The molecule has 1 heterocycles. The minimum absolute atomic E-state index is 0.302. The molecule has 0 aromatic heterocycles. The van der Waals surface area contributed by atoms with Gasteiger partial charge in [-0.1, -0.05) is 31.0 Å². The second kappa shape index (κ2) is 7.17. The van der Waals surface area contributed by atoms with Crippen molar-refractivity contribution in [3.8, 4) is 5.75 Å². The SMILES string of the molecule is Cc1ccccc1OCC1CCCN(C(=O)C2CCCC2)C1. The van der Waals surface area contributed by atoms with Crippen LogP contribution in [0.1, 0.15) is 44.1 Å². The van der Waals surface area contributed by atoms with Crippen LogP contribution in [0.5, 0.6) is 5.75 Å². The Balaban J connectivity index is 1.52. The Kier molecular flexibility index (Phi) is 5.01. The quantitative estimate of drug-likeness (QED) is 0.846. The van der Waals surface area contributed by atoms with E-state index >= 15 is 0 Å². The zero-order valence-electron chi connectivity index (χ0n) is 13.6. The van der Waals surface area contributed by atoms with Crippen LogP contribution < -0.4 is 4.74 Å². The summed E-state index contributed by atoms with van der Waals surface area (Å²) in [6, 6.07) is 8.15. The predicted octanol–water partition coefficient (Wildman–Crippen LogP) is 3.80. The van der Waals surface area contributed by atoms with Gasteiger partial charge in [-0.15, -0.1) is 0 Å². The van der Waals surface area contributed by atoms with Gasteiger partial charge < -0.3 is 9.64 Å². The van der Waals surface area contributed by atoms with Crippen LogP contribution in [-0.4, -0.2) is 30.5 Å². The molecular weight excluding hydrogens is 274 g/mol. The predicted molar refractivity (Wildman–Crippen MR) is 87.9 cm³/mol. The molecule has 1 aromatic carbocycles. The van der Waals surface area contributed by atoms with Crippen LogP contribution in [0.15, 0.2) is 24.3 Å². The first-order valence-electron chi connectivity index (χ1n) is 8.71. The summed E-state index contributed by atoms with van der Waals surface area (Å²) in [5.41, 5.74) is 1.18. The maximum atomic E-state index is 12.6. The van der Waals surface area contributed by atoms with Crippen molar-refractivity contribution in [2.75, 3.05) is 19.7 Å². The zero-order chi connectivity index (χ0) is 15.4. The van der Waals surface area contributed by atoms with E-state index in [0.29, 0.717) is 17.7 Å². The van der Waals surface area contributed by atoms with Gasteiger partial charge in [0, 0.05) is 24.9 Å². The van der Waals surface area contributed by atoms with Gasteiger partial charge in [-0.2, -0.15) is 0 Å². The molecule has 1 atom stereocenters. The highest BCUT2D eigenvalue weighted by atomic mass is 16.5. The molecule has 2 aliphatic rings. The molecule has 1 aliphatic heterocycles. The summed E-state index contributed by atoms with van der Waals surface area (Å²) >= 11 is 0. The highest BCUT2D eigenvalue weighted by Crippen LogP contribution is 2.29. The van der Waals surface area contributed by atoms with Crippen LogP contribution in [0.3, 0.4) is 0 Å². The Morgan fingerprint density at radius 3 is 2.73 bits per heavy atom. The first kappa shape index (κ1) is 15.4. The molecule has 3 heteroatoms. The number of carbonyl (C=O) groups excluding carboxylic acids is 1. The number of amides is 1. The molecule has 0 N–H and O–H groups in total. The van der Waals surface area contributed by atoms with Crippen LogP contribution in [0.25, 0.3) is 0 Å². The fourth-order valence-electron chi connectivity index (χ4n) is 3.76. The lowest BCUT2D eigenvalue weighted by molar-refractivity contribution is -0.137. The number of hydrogen-bond donors (Lipinski definition) is 0. The van der Waals surface area contributed by atoms with Gasteiger partial charge in [0.15, 0.2) is 0 Å². The zero-order valence-corrected chi connectivity index (χ0v) is 13.6. The fourth-order valence-corrected chi connectivity index (χ4v) is 3.76. The van der Waals surface area contributed by atoms with E-state index in [1.165, 1.54) is 24.8 Å². The second-order valence-electron chi connectivity index (χ2n) is 6.85. The molecule has 1 saturated carbocycles. The summed E-state index contributed by atoms with van der Waals surface area (Å²) in [5.74, 6) is 2.15. The maximum absolute atomic E-state index is 12.6. The third kappa shape index (κ3) is 3.63. The lowest BCUT2D eigenvalue weighted by Gasteiger charge is -2.34. The summed E-state index contributed by atoms with van der Waals surface area (Å²) in [6.45, 7) is 4.61. The standard InChI is InChI=1S/C19H27NO2/c1-15-7-2-5-11-18(15)22-14-16-8-6-12-20(13-16)19(21)17-9-3-4-10-17/h2,5,7,11,16-17H,3-4,6,8-10,12-14H2,1H3. The van der Waals surface area contributed by atoms with E-state index in [2.05, 4.69) is 17.9 Å². The Morgan fingerprint density at radius 2 is 1.95 bits per heavy atom. The molecule has 0 bridgehead atoms. The van der Waals surface area contributed by atoms with Crippen molar-refractivity contribution < 1.29 is 9.53 Å². The summed E-state index contributed by atoms with van der Waals surface area (Å²) < 4.78 is 5.99. The number of nitrogens with zero attached hydrogens (tertiary/aromatic N) is 1. The number of aryl methyl sites for hydroxylation is 1. The normalized spacial score (nSPS) is 22.8. The molecule has 1 aromatic rings. The first-order chi connectivity index (χ1) is 10.7. The van der Waals surface area contributed by atoms with Gasteiger partial charge in [-0.3, -0.25) is 4.79 Å². The Hall–Kier alpha value is -1.51. The monoisotopic (exact) mass is 301 g/mol. The number of piperidine rings is 1. The molecule has 1 aliphatic carbocycles. The molecule has 1 unspecified atom stereocenters. The van der Waals surface area contributed by atoms with Crippen molar-refractivity contribution in [1.29, 1.82) is 0 Å². The van der Waals surface area contributed by atoms with Crippen LogP contribution >= 0.6 is 0 Å². The molecule has 22 heavy (non-hydrogen) atoms. The summed E-state index contributed by atoms with van der Waals surface area (Å²) in [4.78, 5) is 14.7. The summed E-state index contributed by atoms with van der Waals surface area (Å²) in [5, 5.41) is 0. The minimum Gasteiger partial charge on any atom is -0.493 e. The Labute approximate surface area is 133 Å². The Morgan fingerprint density at radius 1 is 1.18 bits per heavy atom. The third-order valence-electron chi connectivity index (χ3n) is 5.10. The molecule has 0 spiro atoms. The average Bonchev–Trinajstić information content (AvgIpc) is 3.08. The molecule has 0 radical (unpaired) electrons. The van der Waals surface area contributed by atoms with Gasteiger partial charge in [0.05, 0.1) is 6.61 Å². The average molecular weight is 301 g/mol. The molecule has 1 saturated heterocycles. The van der Waals surface area contributed by atoms with Gasteiger partial charge in [-0.05, 0) is 44.2 Å². The topological polar surface area (TPSA) is 29.5 Å². The minimum atomic E-state index is 0.302. The van der Waals surface area contributed by atoms with Crippen LogP contribution in [0, 0.1) is 18.8 Å². The van der Waals surface area contributed by atoms with Crippen molar-refractivity contribution >= 4 is 5.91 Å². The highest BCUT2D eigenvalue weighted by molar-refractivity contribution is 5.79. The number of rotatable bonds is 4. The molecule has 120 valence electrons. The van der Waals surface area contributed by atoms with E-state index in [9.17, 15) is 4.79 Å². The van der Waals surface area contributed by atoms with Gasteiger partial charge in [0.25, 0.3) is 0 Å². The number of likely N-dealkylation sites (tertiary alicyclic amines) is 1. The molecule has 1 amide bonds. The molecule has 2 fully saturated rings. The van der Waals surface area contributed by atoms with Gasteiger partial charge >= 0.3 is 0 Å². The van der Waals surface area contributed by atoms with Gasteiger partial charge in [0.1, 0.15) is 5.75 Å². The van der Waals surface area contributed by atoms with E-state index in [0.717, 1.165) is 44.7 Å². The first-order valence-corrected chi connectivity index (χ1v) is 8.71. The van der Waals surface area contributed by atoms with Crippen LogP contribution in [0.4, 0.5) is 0 Å². The fraction of sp³-hybridized carbons (Fsp3) is 0.632. The Bertz CT molecular complexity index is 508. The number of para-hydroxylation sites is 1. The van der Waals surface area contributed by atoms with E-state index < -0.39 is 0 Å². The van der Waals surface area contributed by atoms with Crippen LogP contribution in [0.2, 0.25) is 0 Å². The third-order valence-corrected chi connectivity index (χ3v) is 5.10. The number of hydrogen-bond acceptors (Lipinski definition) is 2. The lowest BCUT2D eigenvalue weighted by Crippen LogP contribution is -2.43. The molecule has 3 nitrogen and oxygen atoms in total. The van der Waals surface area contributed by atoms with E-state index in [4.69, 9.17) is 4.74 Å². The van der Waals surface area contributed by atoms with E-state index in [1.807, 2.05) is 18.2 Å². The summed E-state index contributed by atoms with van der Waals surface area (Å²) in [7, 11) is 0. The second-order valence-corrected chi connectivity index (χ2v) is 6.85. The van der Waals surface area contributed by atoms with Crippen molar-refractivity contribution in [3.63, 3.8) is 0 Å². The van der Waals surface area contributed by atoms with E-state index in [-0.39, 0.29) is 0 Å². The van der Waals surface area contributed by atoms with Crippen molar-refractivity contribution in [2.45, 2.75) is 45.4 Å². The van der Waals surface area contributed by atoms with Crippen molar-refractivity contribution in [3.05, 3.63) is 29.8 Å². The van der Waals surface area contributed by atoms with Crippen LogP contribution in [-0.2, 0) is 4.79 Å². The van der Waals surface area contributed by atoms with E-state index in [1.54, 1.807) is 0 Å². The van der Waals surface area contributed by atoms with Crippen molar-refractivity contribution in [1.82, 2.24) is 4.90 Å². The smallest absolute Gasteiger partial charge is 0.225 e. The highest BCUT2D eigenvalue weighted by Gasteiger charge is 2.30. The number of ether oxygens (including phenoxy) is 1. The number of carbonyl (C=O) groups is 1. The largest absolute Gasteiger partial charge is 0.493 e. The molecular formula is C19H27NO2. The molecule has 3 rings (SSSR count).